The van der Waals surface area contributed by atoms with Crippen molar-refractivity contribution in [3.05, 3.63) is 58.7 Å². The maximum Gasteiger partial charge on any atom is 0.143 e. The zero-order chi connectivity index (χ0) is 28.5. The lowest BCUT2D eigenvalue weighted by atomic mass is 9.70. The van der Waals surface area contributed by atoms with Crippen LogP contribution in [0.15, 0.2) is 45.7 Å². The highest BCUT2D eigenvalue weighted by Crippen LogP contribution is 2.58. The lowest BCUT2D eigenvalue weighted by molar-refractivity contribution is 0.315. The minimum atomic E-state index is -0.0406. The summed E-state index contributed by atoms with van der Waals surface area (Å²) in [6.45, 7) is 4.59. The Balaban J connectivity index is 1.34. The summed E-state index contributed by atoms with van der Waals surface area (Å²) in [5, 5.41) is 17.2. The van der Waals surface area contributed by atoms with E-state index in [1.54, 1.807) is 0 Å². The number of hydrogen-bond acceptors (Lipinski definition) is 6. The van der Waals surface area contributed by atoms with Gasteiger partial charge in [-0.05, 0) is 97.5 Å². The highest BCUT2D eigenvalue weighted by Gasteiger charge is 2.45. The maximum absolute atomic E-state index is 5.30. The first-order valence-electron chi connectivity index (χ1n) is 16.4. The van der Waals surface area contributed by atoms with Crippen molar-refractivity contribution in [1.82, 2.24) is 20.6 Å². The molecule has 218 valence electrons. The van der Waals surface area contributed by atoms with E-state index in [-0.39, 0.29) is 5.41 Å². The fraction of sp³-hybridized carbons (Fsp3) is 0.500. The lowest BCUT2D eigenvalue weighted by Gasteiger charge is -2.33. The Labute approximate surface area is 248 Å². The molecule has 2 aromatic heterocycles. The third kappa shape index (κ3) is 4.54. The Morgan fingerprint density at radius 1 is 0.571 bits per heavy atom. The summed E-state index contributed by atoms with van der Waals surface area (Å²) >= 11 is 0. The summed E-state index contributed by atoms with van der Waals surface area (Å²) in [7, 11) is 0. The number of fused-ring (bicyclic) bond motifs is 10. The molecule has 0 atom stereocenters. The number of benzene rings is 3. The second-order valence-electron chi connectivity index (χ2n) is 12.7. The van der Waals surface area contributed by atoms with Gasteiger partial charge in [-0.1, -0.05) is 103 Å². The Morgan fingerprint density at radius 2 is 1.17 bits per heavy atom. The molecule has 2 aliphatic rings. The van der Waals surface area contributed by atoms with Gasteiger partial charge in [-0.3, -0.25) is 0 Å². The van der Waals surface area contributed by atoms with Gasteiger partial charge in [0.2, 0.25) is 0 Å². The van der Waals surface area contributed by atoms with Crippen LogP contribution in [-0.2, 0) is 11.8 Å². The zero-order valence-corrected chi connectivity index (χ0v) is 25.2. The third-order valence-corrected chi connectivity index (χ3v) is 10.1. The van der Waals surface area contributed by atoms with Crippen LogP contribution in [0.2, 0.25) is 0 Å². The van der Waals surface area contributed by atoms with Crippen LogP contribution in [0.5, 0.6) is 0 Å². The van der Waals surface area contributed by atoms with Crippen LogP contribution in [0, 0.1) is 0 Å². The van der Waals surface area contributed by atoms with Gasteiger partial charge in [0.05, 0.1) is 0 Å². The van der Waals surface area contributed by atoms with E-state index in [0.29, 0.717) is 0 Å². The minimum Gasteiger partial charge on any atom is -0.243 e. The van der Waals surface area contributed by atoms with Crippen molar-refractivity contribution in [2.45, 2.75) is 116 Å². The summed E-state index contributed by atoms with van der Waals surface area (Å²) in [4.78, 5) is 0. The van der Waals surface area contributed by atoms with E-state index >= 15 is 0 Å². The highest BCUT2D eigenvalue weighted by molar-refractivity contribution is 6.02. The third-order valence-electron chi connectivity index (χ3n) is 10.1. The van der Waals surface area contributed by atoms with Gasteiger partial charge in [-0.2, -0.15) is 0 Å². The summed E-state index contributed by atoms with van der Waals surface area (Å²) < 4.78 is 10.5. The van der Waals surface area contributed by atoms with Crippen molar-refractivity contribution in [2.75, 3.05) is 0 Å². The molecule has 0 N–H and O–H groups in total. The Bertz CT molecular complexity index is 1700. The average molecular weight is 563 g/mol. The van der Waals surface area contributed by atoms with Gasteiger partial charge < -0.3 is 0 Å². The molecule has 0 saturated heterocycles. The summed E-state index contributed by atoms with van der Waals surface area (Å²) in [5.74, 6) is 0. The van der Waals surface area contributed by atoms with Crippen LogP contribution < -0.4 is 0 Å². The lowest BCUT2D eigenvalue weighted by Crippen LogP contribution is -2.25. The molecule has 42 heavy (non-hydrogen) atoms. The summed E-state index contributed by atoms with van der Waals surface area (Å²) in [6, 6.07) is 13.7. The van der Waals surface area contributed by atoms with Crippen LogP contribution in [0.3, 0.4) is 0 Å². The van der Waals surface area contributed by atoms with E-state index in [4.69, 9.17) is 9.26 Å². The number of hydrogen-bond donors (Lipinski definition) is 0. The zero-order valence-electron chi connectivity index (χ0n) is 25.2. The molecule has 0 bridgehead atoms. The highest BCUT2D eigenvalue weighted by atomic mass is 16.6. The first kappa shape index (κ1) is 27.3. The summed E-state index contributed by atoms with van der Waals surface area (Å²) in [6.07, 6.45) is 18.8. The van der Waals surface area contributed by atoms with Crippen LogP contribution in [0.25, 0.3) is 44.3 Å². The first-order chi connectivity index (χ1) is 20.7. The van der Waals surface area contributed by atoms with Crippen LogP contribution in [0.1, 0.15) is 126 Å². The first-order valence-corrected chi connectivity index (χ1v) is 16.4. The van der Waals surface area contributed by atoms with Crippen LogP contribution in [0.4, 0.5) is 0 Å². The maximum atomic E-state index is 5.30. The van der Waals surface area contributed by atoms with Gasteiger partial charge in [-0.15, -0.1) is 0 Å². The largest absolute Gasteiger partial charge is 0.243 e. The monoisotopic (exact) mass is 562 g/mol. The molecule has 2 heterocycles. The van der Waals surface area contributed by atoms with Crippen molar-refractivity contribution >= 4 is 22.1 Å². The van der Waals surface area contributed by atoms with Crippen molar-refractivity contribution in [2.24, 2.45) is 0 Å². The quantitative estimate of drug-likeness (QED) is 0.123. The van der Waals surface area contributed by atoms with E-state index < -0.39 is 0 Å². The second-order valence-corrected chi connectivity index (χ2v) is 12.7. The van der Waals surface area contributed by atoms with E-state index in [1.807, 2.05) is 6.07 Å². The minimum absolute atomic E-state index is 0.0406. The number of unbranched alkanes of at least 4 members (excludes halogenated alkanes) is 10. The molecule has 0 fully saturated rings. The van der Waals surface area contributed by atoms with E-state index in [0.717, 1.165) is 41.3 Å². The van der Waals surface area contributed by atoms with Crippen LogP contribution in [-0.4, -0.2) is 20.6 Å². The molecule has 6 heteroatoms. The molecule has 0 unspecified atom stereocenters. The molecule has 3 aromatic carbocycles. The standard InChI is InChI=1S/C36H42N4O2/c1-3-5-7-9-11-13-19-36(20-14-12-10-8-6-4-2)28-16-18-31-35(40-42-38-31)33(28)27-22-25-21-24-15-17-30-34(39-41-37-30)32(24)26(25)23-29(27)36/h15-18,22-23H,3-14,19-21H2,1-2H3. The fourth-order valence-corrected chi connectivity index (χ4v) is 7.92. The van der Waals surface area contributed by atoms with Crippen molar-refractivity contribution in [1.29, 1.82) is 0 Å². The topological polar surface area (TPSA) is 77.8 Å². The van der Waals surface area contributed by atoms with Crippen molar-refractivity contribution in [3.63, 3.8) is 0 Å². The van der Waals surface area contributed by atoms with Gasteiger partial charge >= 0.3 is 0 Å². The molecule has 5 aromatic rings. The predicted molar refractivity (Wildman–Crippen MR) is 168 cm³/mol. The fourth-order valence-electron chi connectivity index (χ4n) is 7.92. The van der Waals surface area contributed by atoms with Crippen LogP contribution >= 0.6 is 0 Å². The number of rotatable bonds is 14. The molecular weight excluding hydrogens is 520 g/mol. The Kier molecular flexibility index (Phi) is 7.55. The molecule has 0 aliphatic heterocycles. The van der Waals surface area contributed by atoms with E-state index in [2.05, 4.69) is 64.8 Å². The normalized spacial score (nSPS) is 14.4. The van der Waals surface area contributed by atoms with Gasteiger partial charge in [0.15, 0.2) is 0 Å². The molecule has 0 radical (unpaired) electrons. The average Bonchev–Trinajstić information content (AvgIpc) is 3.79. The molecule has 6 nitrogen and oxygen atoms in total. The SMILES string of the molecule is CCCCCCCCC1(CCCCCCCC)c2cc3c(cc2-c2c1ccc1nonc21)Cc1ccc2nonc2c1-3. The smallest absolute Gasteiger partial charge is 0.143 e. The molecule has 0 saturated carbocycles. The Hall–Kier alpha value is -3.54. The summed E-state index contributed by atoms with van der Waals surface area (Å²) in [5.41, 5.74) is 14.0. The van der Waals surface area contributed by atoms with Crippen molar-refractivity contribution in [3.8, 4) is 22.3 Å². The number of nitrogens with zero attached hydrogens (tertiary/aromatic N) is 4. The van der Waals surface area contributed by atoms with Gasteiger partial charge in [-0.25, -0.2) is 9.26 Å². The molecule has 0 spiro atoms. The van der Waals surface area contributed by atoms with Gasteiger partial charge in [0.25, 0.3) is 0 Å². The van der Waals surface area contributed by atoms with Gasteiger partial charge in [0, 0.05) is 16.5 Å². The van der Waals surface area contributed by atoms with E-state index in [9.17, 15) is 0 Å². The van der Waals surface area contributed by atoms with Gasteiger partial charge in [0.1, 0.15) is 22.1 Å². The second kappa shape index (κ2) is 11.6. The van der Waals surface area contributed by atoms with E-state index in [1.165, 1.54) is 122 Å². The predicted octanol–water partition coefficient (Wildman–Crippen LogP) is 10.1. The molecule has 2 aliphatic carbocycles. The van der Waals surface area contributed by atoms with Crippen molar-refractivity contribution < 1.29 is 9.26 Å². The number of aromatic nitrogens is 4. The Morgan fingerprint density at radius 3 is 1.83 bits per heavy atom. The molecule has 7 rings (SSSR count). The molecule has 0 amide bonds. The molecular formula is C36H42N4O2.